The number of aliphatic hydroxyl groups excluding tert-OH is 2. The standard InChI is InChI=1S/C11H10F2O5/c1-18-11(17)10(16)9(15)5-2-3-7(12)6(4-14)8(5)13/h2-4,9-10,15-16H,1H3. The maximum Gasteiger partial charge on any atom is 0.337 e. The Kier molecular flexibility index (Phi) is 4.46. The minimum absolute atomic E-state index is 0.0641. The Labute approximate surface area is 101 Å². The van der Waals surface area contributed by atoms with Gasteiger partial charge in [-0.1, -0.05) is 6.07 Å². The molecule has 1 aromatic rings. The first-order chi connectivity index (χ1) is 8.43. The summed E-state index contributed by atoms with van der Waals surface area (Å²) in [6.07, 6.45) is -4.06. The molecule has 7 heteroatoms. The second-order valence-corrected chi connectivity index (χ2v) is 3.39. The SMILES string of the molecule is COC(=O)C(O)C(O)c1ccc(F)c(C=O)c1F. The summed E-state index contributed by atoms with van der Waals surface area (Å²) < 4.78 is 30.8. The van der Waals surface area contributed by atoms with Gasteiger partial charge in [0.1, 0.15) is 17.7 Å². The van der Waals surface area contributed by atoms with Gasteiger partial charge in [-0.15, -0.1) is 0 Å². The number of methoxy groups -OCH3 is 1. The molecule has 0 fully saturated rings. The van der Waals surface area contributed by atoms with Gasteiger partial charge in [0.05, 0.1) is 12.7 Å². The van der Waals surface area contributed by atoms with Gasteiger partial charge in [0, 0.05) is 5.56 Å². The lowest BCUT2D eigenvalue weighted by molar-refractivity contribution is -0.156. The number of aldehydes is 1. The van der Waals surface area contributed by atoms with E-state index in [0.29, 0.717) is 0 Å². The Morgan fingerprint density at radius 1 is 1.39 bits per heavy atom. The molecule has 18 heavy (non-hydrogen) atoms. The molecule has 2 N–H and O–H groups in total. The second-order valence-electron chi connectivity index (χ2n) is 3.39. The van der Waals surface area contributed by atoms with E-state index in [4.69, 9.17) is 0 Å². The third kappa shape index (κ3) is 2.52. The fourth-order valence-corrected chi connectivity index (χ4v) is 1.34. The Hall–Kier alpha value is -1.86. The molecule has 5 nitrogen and oxygen atoms in total. The first-order valence-corrected chi connectivity index (χ1v) is 4.81. The third-order valence-electron chi connectivity index (χ3n) is 2.33. The predicted octanol–water partition coefficient (Wildman–Crippen LogP) is 0.345. The van der Waals surface area contributed by atoms with Crippen LogP contribution in [0.25, 0.3) is 0 Å². The Balaban J connectivity index is 3.18. The smallest absolute Gasteiger partial charge is 0.337 e. The van der Waals surface area contributed by atoms with Crippen LogP contribution in [-0.2, 0) is 9.53 Å². The fourth-order valence-electron chi connectivity index (χ4n) is 1.34. The maximum absolute atomic E-state index is 13.6. The lowest BCUT2D eigenvalue weighted by Crippen LogP contribution is -2.29. The quantitative estimate of drug-likeness (QED) is 0.602. The summed E-state index contributed by atoms with van der Waals surface area (Å²) in [5.74, 6) is -3.62. The van der Waals surface area contributed by atoms with E-state index in [-0.39, 0.29) is 6.29 Å². The topological polar surface area (TPSA) is 83.8 Å². The minimum atomic E-state index is -2.03. The van der Waals surface area contributed by atoms with Crippen LogP contribution in [0, 0.1) is 11.6 Å². The molecule has 2 atom stereocenters. The van der Waals surface area contributed by atoms with Gasteiger partial charge in [0.15, 0.2) is 12.4 Å². The van der Waals surface area contributed by atoms with Crippen molar-refractivity contribution in [1.82, 2.24) is 0 Å². The number of benzene rings is 1. The average molecular weight is 260 g/mol. The third-order valence-corrected chi connectivity index (χ3v) is 2.33. The summed E-state index contributed by atoms with van der Waals surface area (Å²) in [5, 5.41) is 18.9. The molecule has 98 valence electrons. The van der Waals surface area contributed by atoms with Gasteiger partial charge in [-0.2, -0.15) is 0 Å². The van der Waals surface area contributed by atoms with Gasteiger partial charge in [0.25, 0.3) is 0 Å². The van der Waals surface area contributed by atoms with Crippen molar-refractivity contribution in [2.24, 2.45) is 0 Å². The fraction of sp³-hybridized carbons (Fsp3) is 0.273. The largest absolute Gasteiger partial charge is 0.467 e. The van der Waals surface area contributed by atoms with Crippen LogP contribution in [0.2, 0.25) is 0 Å². The minimum Gasteiger partial charge on any atom is -0.467 e. The number of aliphatic hydroxyl groups is 2. The van der Waals surface area contributed by atoms with Crippen molar-refractivity contribution < 1.29 is 33.3 Å². The van der Waals surface area contributed by atoms with E-state index in [1.807, 2.05) is 0 Å². The van der Waals surface area contributed by atoms with Crippen molar-refractivity contribution in [1.29, 1.82) is 0 Å². The average Bonchev–Trinajstić information content (AvgIpc) is 2.37. The summed E-state index contributed by atoms with van der Waals surface area (Å²) in [6.45, 7) is 0. The molecular weight excluding hydrogens is 250 g/mol. The molecule has 1 aromatic carbocycles. The van der Waals surface area contributed by atoms with Gasteiger partial charge in [-0.05, 0) is 6.07 Å². The van der Waals surface area contributed by atoms with E-state index < -0.39 is 40.9 Å². The highest BCUT2D eigenvalue weighted by Gasteiger charge is 2.30. The molecule has 0 aliphatic rings. The van der Waals surface area contributed by atoms with Crippen LogP contribution in [0.15, 0.2) is 12.1 Å². The molecule has 0 aliphatic carbocycles. The van der Waals surface area contributed by atoms with E-state index in [9.17, 15) is 28.6 Å². The van der Waals surface area contributed by atoms with Gasteiger partial charge < -0.3 is 14.9 Å². The van der Waals surface area contributed by atoms with E-state index in [1.54, 1.807) is 0 Å². The van der Waals surface area contributed by atoms with Gasteiger partial charge in [-0.3, -0.25) is 4.79 Å². The number of hydrogen-bond acceptors (Lipinski definition) is 5. The number of carbonyl (C=O) groups excluding carboxylic acids is 2. The van der Waals surface area contributed by atoms with Crippen molar-refractivity contribution in [3.63, 3.8) is 0 Å². The summed E-state index contributed by atoms with van der Waals surface area (Å²) >= 11 is 0. The Bertz CT molecular complexity index is 475. The molecule has 0 radical (unpaired) electrons. The molecule has 0 heterocycles. The van der Waals surface area contributed by atoms with E-state index in [0.717, 1.165) is 19.2 Å². The number of ether oxygens (including phenoxy) is 1. The maximum atomic E-state index is 13.6. The molecule has 0 saturated heterocycles. The summed E-state index contributed by atoms with van der Waals surface area (Å²) in [4.78, 5) is 21.4. The van der Waals surface area contributed by atoms with E-state index in [2.05, 4.69) is 4.74 Å². The monoisotopic (exact) mass is 260 g/mol. The number of esters is 1. The number of hydrogen-bond donors (Lipinski definition) is 2. The van der Waals surface area contributed by atoms with E-state index >= 15 is 0 Å². The van der Waals surface area contributed by atoms with Gasteiger partial charge in [-0.25, -0.2) is 13.6 Å². The number of halogens is 2. The Morgan fingerprint density at radius 3 is 2.50 bits per heavy atom. The van der Waals surface area contributed by atoms with Crippen molar-refractivity contribution in [2.75, 3.05) is 7.11 Å². The zero-order valence-corrected chi connectivity index (χ0v) is 9.26. The molecule has 2 unspecified atom stereocenters. The van der Waals surface area contributed by atoms with Crippen molar-refractivity contribution in [2.45, 2.75) is 12.2 Å². The molecule has 0 aliphatic heterocycles. The highest BCUT2D eigenvalue weighted by Crippen LogP contribution is 2.24. The molecule has 0 aromatic heterocycles. The van der Waals surface area contributed by atoms with Crippen LogP contribution in [0.4, 0.5) is 8.78 Å². The van der Waals surface area contributed by atoms with Crippen LogP contribution in [0.3, 0.4) is 0 Å². The van der Waals surface area contributed by atoms with Crippen molar-refractivity contribution >= 4 is 12.3 Å². The van der Waals surface area contributed by atoms with Gasteiger partial charge >= 0.3 is 5.97 Å². The van der Waals surface area contributed by atoms with Crippen molar-refractivity contribution in [3.05, 3.63) is 34.9 Å². The molecule has 0 saturated carbocycles. The van der Waals surface area contributed by atoms with Crippen molar-refractivity contribution in [3.8, 4) is 0 Å². The number of rotatable bonds is 4. The first-order valence-electron chi connectivity index (χ1n) is 4.81. The zero-order chi connectivity index (χ0) is 13.9. The van der Waals surface area contributed by atoms with Crippen LogP contribution >= 0.6 is 0 Å². The van der Waals surface area contributed by atoms with Crippen LogP contribution in [-0.4, -0.2) is 35.7 Å². The molecule has 0 spiro atoms. The zero-order valence-electron chi connectivity index (χ0n) is 9.26. The highest BCUT2D eigenvalue weighted by atomic mass is 19.1. The summed E-state index contributed by atoms with van der Waals surface area (Å²) in [7, 11) is 0.968. The van der Waals surface area contributed by atoms with Crippen LogP contribution < -0.4 is 0 Å². The van der Waals surface area contributed by atoms with Crippen LogP contribution in [0.5, 0.6) is 0 Å². The lowest BCUT2D eigenvalue weighted by Gasteiger charge is -2.17. The predicted molar refractivity (Wildman–Crippen MR) is 54.7 cm³/mol. The Morgan fingerprint density at radius 2 is 2.00 bits per heavy atom. The summed E-state index contributed by atoms with van der Waals surface area (Å²) in [6, 6.07) is 1.57. The second kappa shape index (κ2) is 5.65. The summed E-state index contributed by atoms with van der Waals surface area (Å²) in [5.41, 5.74) is -1.46. The van der Waals surface area contributed by atoms with E-state index in [1.165, 1.54) is 0 Å². The highest BCUT2D eigenvalue weighted by molar-refractivity contribution is 5.77. The number of carbonyl (C=O) groups is 2. The molecule has 0 bridgehead atoms. The first kappa shape index (κ1) is 14.2. The lowest BCUT2D eigenvalue weighted by atomic mass is 10.0. The van der Waals surface area contributed by atoms with Gasteiger partial charge in [0.2, 0.25) is 0 Å². The molecule has 0 amide bonds. The molecule has 1 rings (SSSR count). The molecular formula is C11H10F2O5. The normalized spacial score (nSPS) is 13.8. The van der Waals surface area contributed by atoms with Crippen LogP contribution in [0.1, 0.15) is 22.0 Å².